The summed E-state index contributed by atoms with van der Waals surface area (Å²) in [6.45, 7) is 3.02. The van der Waals surface area contributed by atoms with Crippen LogP contribution in [-0.4, -0.2) is 9.78 Å². The van der Waals surface area contributed by atoms with E-state index in [1.165, 1.54) is 0 Å². The second kappa shape index (κ2) is 3.05. The molecule has 0 bridgehead atoms. The molecule has 0 radical (unpaired) electrons. The number of nitrogen functional groups attached to an aromatic ring is 1. The molecule has 0 aliphatic rings. The van der Waals surface area contributed by atoms with Crippen LogP contribution in [0.5, 0.6) is 0 Å². The molecule has 4 heteroatoms. The largest absolute Gasteiger partial charge is 0.382 e. The molecule has 0 aliphatic heterocycles. The van der Waals surface area contributed by atoms with Gasteiger partial charge in [-0.3, -0.25) is 4.68 Å². The maximum atomic E-state index is 5.45. The molecule has 1 heterocycles. The van der Waals surface area contributed by atoms with Crippen molar-refractivity contribution in [3.63, 3.8) is 0 Å². The second-order valence-electron chi connectivity index (χ2n) is 2.12. The molecule has 1 rings (SSSR count). The Morgan fingerprint density at radius 3 is 2.90 bits per heavy atom. The summed E-state index contributed by atoms with van der Waals surface area (Å²) in [5.74, 6) is 0.570. The quantitative estimate of drug-likeness (QED) is 0.795. The maximum Gasteiger partial charge on any atom is 0.146 e. The van der Waals surface area contributed by atoms with Gasteiger partial charge >= 0.3 is 0 Å². The van der Waals surface area contributed by atoms with Crippen molar-refractivity contribution in [2.45, 2.75) is 19.9 Å². The highest BCUT2D eigenvalue weighted by molar-refractivity contribution is 9.10. The van der Waals surface area contributed by atoms with Gasteiger partial charge in [-0.15, -0.1) is 0 Å². The normalized spacial score (nSPS) is 10.2. The third kappa shape index (κ3) is 1.50. The summed E-state index contributed by atoms with van der Waals surface area (Å²) in [5, 5.41) is 4.05. The van der Waals surface area contributed by atoms with Gasteiger partial charge in [0.1, 0.15) is 10.4 Å². The van der Waals surface area contributed by atoms with Crippen molar-refractivity contribution < 1.29 is 0 Å². The van der Waals surface area contributed by atoms with E-state index in [1.807, 2.05) is 4.68 Å². The van der Waals surface area contributed by atoms with E-state index in [-0.39, 0.29) is 0 Å². The van der Waals surface area contributed by atoms with Gasteiger partial charge in [0.2, 0.25) is 0 Å². The standard InChI is InChI=1S/C6H10BrN3/c1-2-3-10-5(7)4-6(8)9-10/h4H,2-3H2,1H3,(H2,8,9). The molecule has 0 saturated heterocycles. The summed E-state index contributed by atoms with van der Waals surface area (Å²) >= 11 is 3.34. The van der Waals surface area contributed by atoms with Crippen LogP contribution in [0.2, 0.25) is 0 Å². The van der Waals surface area contributed by atoms with E-state index in [0.717, 1.165) is 17.6 Å². The zero-order valence-corrected chi connectivity index (χ0v) is 7.43. The Hall–Kier alpha value is -0.510. The lowest BCUT2D eigenvalue weighted by molar-refractivity contribution is 0.593. The summed E-state index contributed by atoms with van der Waals surface area (Å²) in [5.41, 5.74) is 5.45. The topological polar surface area (TPSA) is 43.8 Å². The average molecular weight is 204 g/mol. The minimum Gasteiger partial charge on any atom is -0.382 e. The van der Waals surface area contributed by atoms with Gasteiger partial charge in [-0.25, -0.2) is 0 Å². The molecular formula is C6H10BrN3. The molecule has 0 amide bonds. The lowest BCUT2D eigenvalue weighted by Crippen LogP contribution is -1.99. The van der Waals surface area contributed by atoms with Gasteiger partial charge < -0.3 is 5.73 Å². The van der Waals surface area contributed by atoms with Crippen molar-refractivity contribution in [3.8, 4) is 0 Å². The van der Waals surface area contributed by atoms with E-state index in [0.29, 0.717) is 5.82 Å². The van der Waals surface area contributed by atoms with E-state index in [4.69, 9.17) is 5.73 Å². The van der Waals surface area contributed by atoms with Gasteiger partial charge in [-0.1, -0.05) is 6.92 Å². The fourth-order valence-corrected chi connectivity index (χ4v) is 1.27. The van der Waals surface area contributed by atoms with Crippen molar-refractivity contribution in [1.82, 2.24) is 9.78 Å². The third-order valence-electron chi connectivity index (χ3n) is 1.19. The zero-order chi connectivity index (χ0) is 7.56. The van der Waals surface area contributed by atoms with Crippen molar-refractivity contribution in [1.29, 1.82) is 0 Å². The number of rotatable bonds is 2. The molecule has 0 aromatic carbocycles. The number of anilines is 1. The van der Waals surface area contributed by atoms with Gasteiger partial charge in [-0.2, -0.15) is 5.10 Å². The SMILES string of the molecule is CCCn1nc(N)cc1Br. The molecule has 3 nitrogen and oxygen atoms in total. The lowest BCUT2D eigenvalue weighted by atomic mass is 10.5. The Bertz CT molecular complexity index is 219. The minimum atomic E-state index is 0.570. The molecule has 0 atom stereocenters. The van der Waals surface area contributed by atoms with Gasteiger partial charge in [0, 0.05) is 12.6 Å². The predicted octanol–water partition coefficient (Wildman–Crippen LogP) is 1.64. The number of nitrogens with two attached hydrogens (primary N) is 1. The van der Waals surface area contributed by atoms with Crippen LogP contribution in [0.15, 0.2) is 10.7 Å². The molecule has 0 saturated carbocycles. The fourth-order valence-electron chi connectivity index (χ4n) is 0.781. The van der Waals surface area contributed by atoms with Crippen LogP contribution in [0.25, 0.3) is 0 Å². The van der Waals surface area contributed by atoms with Crippen molar-refractivity contribution >= 4 is 21.7 Å². The minimum absolute atomic E-state index is 0.570. The number of nitrogens with zero attached hydrogens (tertiary/aromatic N) is 2. The molecule has 10 heavy (non-hydrogen) atoms. The zero-order valence-electron chi connectivity index (χ0n) is 5.84. The number of hydrogen-bond donors (Lipinski definition) is 1. The molecule has 0 fully saturated rings. The first-order valence-corrected chi connectivity index (χ1v) is 4.02. The van der Waals surface area contributed by atoms with Crippen molar-refractivity contribution in [2.75, 3.05) is 5.73 Å². The average Bonchev–Trinajstić information content (AvgIpc) is 2.13. The molecular weight excluding hydrogens is 194 g/mol. The molecule has 0 unspecified atom stereocenters. The number of hydrogen-bond acceptors (Lipinski definition) is 2. The van der Waals surface area contributed by atoms with Crippen LogP contribution in [0.3, 0.4) is 0 Å². The first-order chi connectivity index (χ1) is 4.74. The second-order valence-corrected chi connectivity index (χ2v) is 2.93. The fraction of sp³-hybridized carbons (Fsp3) is 0.500. The highest BCUT2D eigenvalue weighted by atomic mass is 79.9. The molecule has 1 aromatic rings. The Balaban J connectivity index is 2.81. The first kappa shape index (κ1) is 7.60. The van der Waals surface area contributed by atoms with Gasteiger partial charge in [-0.05, 0) is 22.4 Å². The smallest absolute Gasteiger partial charge is 0.146 e. The van der Waals surface area contributed by atoms with Gasteiger partial charge in [0.05, 0.1) is 0 Å². The Morgan fingerprint density at radius 2 is 2.50 bits per heavy atom. The number of aromatic nitrogens is 2. The highest BCUT2D eigenvalue weighted by Crippen LogP contribution is 2.12. The maximum absolute atomic E-state index is 5.45. The van der Waals surface area contributed by atoms with E-state index >= 15 is 0 Å². The van der Waals surface area contributed by atoms with Crippen LogP contribution in [0.4, 0.5) is 5.82 Å². The van der Waals surface area contributed by atoms with Gasteiger partial charge in [0.25, 0.3) is 0 Å². The highest BCUT2D eigenvalue weighted by Gasteiger charge is 1.99. The van der Waals surface area contributed by atoms with E-state index in [2.05, 4.69) is 28.0 Å². The summed E-state index contributed by atoms with van der Waals surface area (Å²) in [7, 11) is 0. The number of aryl methyl sites for hydroxylation is 1. The Morgan fingerprint density at radius 1 is 1.80 bits per heavy atom. The van der Waals surface area contributed by atoms with E-state index in [9.17, 15) is 0 Å². The molecule has 56 valence electrons. The number of halogens is 1. The lowest BCUT2D eigenvalue weighted by Gasteiger charge is -1.97. The summed E-state index contributed by atoms with van der Waals surface area (Å²) in [6.07, 6.45) is 1.07. The first-order valence-electron chi connectivity index (χ1n) is 3.23. The predicted molar refractivity (Wildman–Crippen MR) is 44.6 cm³/mol. The van der Waals surface area contributed by atoms with Crippen LogP contribution in [0.1, 0.15) is 13.3 Å². The van der Waals surface area contributed by atoms with Crippen LogP contribution < -0.4 is 5.73 Å². The van der Waals surface area contributed by atoms with Crippen LogP contribution >= 0.6 is 15.9 Å². The monoisotopic (exact) mass is 203 g/mol. The molecule has 0 spiro atoms. The molecule has 1 aromatic heterocycles. The summed E-state index contributed by atoms with van der Waals surface area (Å²) < 4.78 is 2.79. The van der Waals surface area contributed by atoms with Crippen LogP contribution in [0, 0.1) is 0 Å². The Kier molecular flexibility index (Phi) is 2.32. The van der Waals surface area contributed by atoms with Crippen molar-refractivity contribution in [2.24, 2.45) is 0 Å². The van der Waals surface area contributed by atoms with E-state index in [1.54, 1.807) is 6.07 Å². The Labute approximate surface area is 68.3 Å². The van der Waals surface area contributed by atoms with E-state index < -0.39 is 0 Å². The summed E-state index contributed by atoms with van der Waals surface area (Å²) in [6, 6.07) is 1.80. The van der Waals surface area contributed by atoms with Crippen LogP contribution in [-0.2, 0) is 6.54 Å². The van der Waals surface area contributed by atoms with Gasteiger partial charge in [0.15, 0.2) is 0 Å². The van der Waals surface area contributed by atoms with Crippen molar-refractivity contribution in [3.05, 3.63) is 10.7 Å². The third-order valence-corrected chi connectivity index (χ3v) is 1.82. The molecule has 2 N–H and O–H groups in total. The summed E-state index contributed by atoms with van der Waals surface area (Å²) in [4.78, 5) is 0. The molecule has 0 aliphatic carbocycles.